The van der Waals surface area contributed by atoms with Crippen LogP contribution in [-0.4, -0.2) is 0 Å². The summed E-state index contributed by atoms with van der Waals surface area (Å²) in [7, 11) is 0. The molecule has 0 unspecified atom stereocenters. The summed E-state index contributed by atoms with van der Waals surface area (Å²) in [5, 5.41) is 0. The summed E-state index contributed by atoms with van der Waals surface area (Å²) < 4.78 is 0. The van der Waals surface area contributed by atoms with E-state index >= 15 is 0 Å². The molecule has 1 aromatic carbocycles. The second-order valence-electron chi connectivity index (χ2n) is 2.22. The normalized spacial score (nSPS) is 10.1. The van der Waals surface area contributed by atoms with Gasteiger partial charge in [-0.25, -0.2) is 0 Å². The molecule has 0 amide bonds. The van der Waals surface area contributed by atoms with E-state index in [9.17, 15) is 0 Å². The van der Waals surface area contributed by atoms with Crippen LogP contribution in [0.2, 0.25) is 0 Å². The van der Waals surface area contributed by atoms with Crippen LogP contribution >= 0.6 is 0 Å². The predicted octanol–water partition coefficient (Wildman–Crippen LogP) is 3.03. The highest BCUT2D eigenvalue weighted by Gasteiger charge is 1.89. The van der Waals surface area contributed by atoms with Gasteiger partial charge in [-0.2, -0.15) is 0 Å². The first-order valence-corrected chi connectivity index (χ1v) is 4.28. The zero-order chi connectivity index (χ0) is 9.40. The van der Waals surface area contributed by atoms with Crippen LogP contribution in [0.25, 0.3) is 5.57 Å². The third kappa shape index (κ3) is 3.24. The first-order valence-electron chi connectivity index (χ1n) is 4.28. The van der Waals surface area contributed by atoms with Gasteiger partial charge >= 0.3 is 0 Å². The average Bonchev–Trinajstić information content (AvgIpc) is 2.21. The molecule has 0 aliphatic carbocycles. The van der Waals surface area contributed by atoms with E-state index < -0.39 is 0 Å². The lowest BCUT2D eigenvalue weighted by atomic mass is 10.1. The van der Waals surface area contributed by atoms with E-state index in [1.807, 2.05) is 51.1 Å². The molecule has 0 saturated carbocycles. The van der Waals surface area contributed by atoms with E-state index in [-0.39, 0.29) is 0 Å². The molecule has 0 fully saturated rings. The Labute approximate surface area is 74.9 Å². The summed E-state index contributed by atoms with van der Waals surface area (Å²) in [5.74, 6) is 0. The summed E-state index contributed by atoms with van der Waals surface area (Å²) in [4.78, 5) is 0. The van der Waals surface area contributed by atoms with Crippen molar-refractivity contribution in [2.45, 2.75) is 20.8 Å². The Morgan fingerprint density at radius 2 is 1.67 bits per heavy atom. The van der Waals surface area contributed by atoms with Gasteiger partial charge in [0.15, 0.2) is 0 Å². The maximum absolute atomic E-state index is 5.34. The Morgan fingerprint density at radius 3 is 2.08 bits per heavy atom. The maximum atomic E-state index is 5.34. The van der Waals surface area contributed by atoms with Gasteiger partial charge in [0.1, 0.15) is 0 Å². The van der Waals surface area contributed by atoms with Gasteiger partial charge in [-0.3, -0.25) is 0 Å². The molecule has 12 heavy (non-hydrogen) atoms. The van der Waals surface area contributed by atoms with Crippen LogP contribution < -0.4 is 5.73 Å². The Kier molecular flexibility index (Phi) is 5.80. The van der Waals surface area contributed by atoms with Crippen LogP contribution in [0.15, 0.2) is 36.5 Å². The number of nitrogens with two attached hydrogens (primary N) is 1. The molecule has 0 bridgehead atoms. The summed E-state index contributed by atoms with van der Waals surface area (Å²) in [5.41, 5.74) is 7.64. The van der Waals surface area contributed by atoms with Crippen LogP contribution in [0.3, 0.4) is 0 Å². The fraction of sp³-hybridized carbons (Fsp3) is 0.273. The van der Waals surface area contributed by atoms with E-state index in [0.29, 0.717) is 0 Å². The number of hydrogen-bond donors (Lipinski definition) is 1. The SMILES string of the molecule is C/C(=C/N)c1ccccc1.CC. The highest BCUT2D eigenvalue weighted by molar-refractivity contribution is 5.62. The molecule has 0 aromatic heterocycles. The molecule has 0 aliphatic rings. The first-order chi connectivity index (χ1) is 5.84. The van der Waals surface area contributed by atoms with E-state index in [1.165, 1.54) is 5.56 Å². The van der Waals surface area contributed by atoms with Gasteiger partial charge in [-0.05, 0) is 24.3 Å². The van der Waals surface area contributed by atoms with Crippen molar-refractivity contribution in [1.29, 1.82) is 0 Å². The summed E-state index contributed by atoms with van der Waals surface area (Å²) >= 11 is 0. The molecule has 0 radical (unpaired) electrons. The van der Waals surface area contributed by atoms with Crippen molar-refractivity contribution in [1.82, 2.24) is 0 Å². The zero-order valence-electron chi connectivity index (χ0n) is 8.04. The van der Waals surface area contributed by atoms with E-state index in [2.05, 4.69) is 0 Å². The van der Waals surface area contributed by atoms with Crippen molar-refractivity contribution in [2.75, 3.05) is 0 Å². The van der Waals surface area contributed by atoms with Crippen LogP contribution in [0.5, 0.6) is 0 Å². The minimum atomic E-state index is 1.11. The fourth-order valence-corrected chi connectivity index (χ4v) is 0.797. The Balaban J connectivity index is 0.000000561. The van der Waals surface area contributed by atoms with Crippen molar-refractivity contribution < 1.29 is 0 Å². The van der Waals surface area contributed by atoms with Crippen LogP contribution in [-0.2, 0) is 0 Å². The minimum Gasteiger partial charge on any atom is -0.404 e. The van der Waals surface area contributed by atoms with Crippen LogP contribution in [0.1, 0.15) is 26.3 Å². The average molecular weight is 163 g/mol. The van der Waals surface area contributed by atoms with Crippen LogP contribution in [0.4, 0.5) is 0 Å². The van der Waals surface area contributed by atoms with E-state index in [4.69, 9.17) is 5.73 Å². The molecule has 0 heterocycles. The van der Waals surface area contributed by atoms with Crippen molar-refractivity contribution >= 4 is 5.57 Å². The molecule has 0 atom stereocenters. The number of rotatable bonds is 1. The van der Waals surface area contributed by atoms with Gasteiger partial charge in [0, 0.05) is 0 Å². The third-order valence-electron chi connectivity index (χ3n) is 1.48. The highest BCUT2D eigenvalue weighted by atomic mass is 14.5. The molecular weight excluding hydrogens is 146 g/mol. The topological polar surface area (TPSA) is 26.0 Å². The lowest BCUT2D eigenvalue weighted by molar-refractivity contribution is 1.50. The monoisotopic (exact) mass is 163 g/mol. The van der Waals surface area contributed by atoms with E-state index in [1.54, 1.807) is 6.20 Å². The molecular formula is C11H17N. The predicted molar refractivity (Wildman–Crippen MR) is 55.6 cm³/mol. The smallest absolute Gasteiger partial charge is 0.00265 e. The van der Waals surface area contributed by atoms with Gasteiger partial charge < -0.3 is 5.73 Å². The molecule has 0 saturated heterocycles. The first kappa shape index (κ1) is 10.8. The lowest BCUT2D eigenvalue weighted by Gasteiger charge is -1.96. The molecule has 66 valence electrons. The summed E-state index contributed by atoms with van der Waals surface area (Å²) in [6.07, 6.45) is 1.62. The van der Waals surface area contributed by atoms with E-state index in [0.717, 1.165) is 5.57 Å². The quantitative estimate of drug-likeness (QED) is 0.676. The van der Waals surface area contributed by atoms with Crippen molar-refractivity contribution in [3.63, 3.8) is 0 Å². The standard InChI is InChI=1S/C9H11N.C2H6/c1-8(7-10)9-5-3-2-4-6-9;1-2/h2-7H,10H2,1H3;1-2H3/b8-7-;. The van der Waals surface area contributed by atoms with Crippen molar-refractivity contribution in [2.24, 2.45) is 5.73 Å². The fourth-order valence-electron chi connectivity index (χ4n) is 0.797. The second kappa shape index (κ2) is 6.47. The maximum Gasteiger partial charge on any atom is -0.00265 e. The third-order valence-corrected chi connectivity index (χ3v) is 1.48. The Bertz CT molecular complexity index is 224. The highest BCUT2D eigenvalue weighted by Crippen LogP contribution is 2.09. The van der Waals surface area contributed by atoms with Gasteiger partial charge in [0.05, 0.1) is 0 Å². The Hall–Kier alpha value is -1.24. The van der Waals surface area contributed by atoms with Crippen LogP contribution in [0, 0.1) is 0 Å². The Morgan fingerprint density at radius 1 is 1.17 bits per heavy atom. The zero-order valence-corrected chi connectivity index (χ0v) is 8.04. The number of hydrogen-bond acceptors (Lipinski definition) is 1. The molecule has 1 heteroatoms. The second-order valence-corrected chi connectivity index (χ2v) is 2.22. The largest absolute Gasteiger partial charge is 0.404 e. The van der Waals surface area contributed by atoms with Gasteiger partial charge in [-0.15, -0.1) is 0 Å². The minimum absolute atomic E-state index is 1.11. The van der Waals surface area contributed by atoms with Gasteiger partial charge in [0.2, 0.25) is 0 Å². The summed E-state index contributed by atoms with van der Waals surface area (Å²) in [6, 6.07) is 10.1. The van der Waals surface area contributed by atoms with Crippen molar-refractivity contribution in [3.8, 4) is 0 Å². The molecule has 0 spiro atoms. The molecule has 0 aliphatic heterocycles. The molecule has 1 aromatic rings. The lowest BCUT2D eigenvalue weighted by Crippen LogP contribution is -1.83. The summed E-state index contributed by atoms with van der Waals surface area (Å²) in [6.45, 7) is 6.00. The molecule has 2 N–H and O–H groups in total. The van der Waals surface area contributed by atoms with Gasteiger partial charge in [-0.1, -0.05) is 44.2 Å². The number of benzene rings is 1. The molecule has 1 rings (SSSR count). The van der Waals surface area contributed by atoms with Gasteiger partial charge in [0.25, 0.3) is 0 Å². The molecule has 1 nitrogen and oxygen atoms in total. The van der Waals surface area contributed by atoms with Crippen molar-refractivity contribution in [3.05, 3.63) is 42.1 Å². The number of allylic oxidation sites excluding steroid dienone is 1.